The van der Waals surface area contributed by atoms with Gasteiger partial charge in [-0.15, -0.1) is 0 Å². The van der Waals surface area contributed by atoms with Gasteiger partial charge in [0, 0.05) is 55.8 Å². The summed E-state index contributed by atoms with van der Waals surface area (Å²) in [5.74, 6) is 0.441. The van der Waals surface area contributed by atoms with Crippen LogP contribution in [0.25, 0.3) is 0 Å². The Morgan fingerprint density at radius 1 is 1.04 bits per heavy atom. The fourth-order valence-electron chi connectivity index (χ4n) is 10.5. The summed E-state index contributed by atoms with van der Waals surface area (Å²) in [6.45, 7) is 3.13. The number of amides is 1. The summed E-state index contributed by atoms with van der Waals surface area (Å²) < 4.78 is 23.6. The van der Waals surface area contributed by atoms with Crippen molar-refractivity contribution in [3.05, 3.63) is 36.1 Å². The van der Waals surface area contributed by atoms with Crippen molar-refractivity contribution >= 4 is 11.7 Å². The van der Waals surface area contributed by atoms with E-state index in [0.29, 0.717) is 31.0 Å². The molecule has 3 saturated carbocycles. The van der Waals surface area contributed by atoms with Crippen molar-refractivity contribution in [2.24, 2.45) is 17.8 Å². The summed E-state index contributed by atoms with van der Waals surface area (Å²) in [5, 5.41) is 3.08. The van der Waals surface area contributed by atoms with Gasteiger partial charge in [-0.05, 0) is 76.9 Å². The maximum Gasteiger partial charge on any atom is 0.256 e. The number of hydrogen-bond acceptors (Lipinski definition) is 8. The molecule has 0 radical (unpaired) electrons. The van der Waals surface area contributed by atoms with E-state index in [2.05, 4.69) is 37.0 Å². The van der Waals surface area contributed by atoms with Crippen LogP contribution < -0.4 is 5.32 Å². The van der Waals surface area contributed by atoms with Gasteiger partial charge in [-0.2, -0.15) is 0 Å². The molecular formula is C35H49FN6O3. The number of nitrogens with one attached hydrogen (secondary N) is 1. The fraction of sp³-hybridized carbons (Fsp3) is 0.771. The van der Waals surface area contributed by atoms with Crippen LogP contribution in [0.4, 0.5) is 4.39 Å². The zero-order valence-electron chi connectivity index (χ0n) is 26.6. The highest BCUT2D eigenvalue weighted by atomic mass is 19.1. The number of hydrogen-bond donors (Lipinski definition) is 1. The van der Waals surface area contributed by atoms with Crippen LogP contribution in [-0.2, 0) is 14.3 Å². The van der Waals surface area contributed by atoms with Crippen LogP contribution in [-0.4, -0.2) is 112 Å². The largest absolute Gasteiger partial charge is 0.369 e. The average molecular weight is 621 g/mol. The highest BCUT2D eigenvalue weighted by Crippen LogP contribution is 2.51. The van der Waals surface area contributed by atoms with Crippen molar-refractivity contribution in [1.29, 1.82) is 0 Å². The van der Waals surface area contributed by atoms with Crippen molar-refractivity contribution in [1.82, 2.24) is 30.0 Å². The summed E-state index contributed by atoms with van der Waals surface area (Å²) >= 11 is 0. The number of rotatable bonds is 6. The van der Waals surface area contributed by atoms with Crippen LogP contribution in [0.2, 0.25) is 0 Å². The number of aromatic nitrogens is 2. The summed E-state index contributed by atoms with van der Waals surface area (Å²) in [6.07, 6.45) is 16.8. The number of morpholine rings is 1. The van der Waals surface area contributed by atoms with Gasteiger partial charge in [0.2, 0.25) is 0 Å². The minimum absolute atomic E-state index is 0.0101. The number of carbonyl (C=O) groups is 2. The highest BCUT2D eigenvalue weighted by Gasteiger charge is 2.61. The molecule has 3 aliphatic carbocycles. The van der Waals surface area contributed by atoms with Gasteiger partial charge >= 0.3 is 0 Å². The number of fused-ring (bicyclic) bond motifs is 3. The van der Waals surface area contributed by atoms with Crippen molar-refractivity contribution in [3.63, 3.8) is 0 Å². The zero-order valence-corrected chi connectivity index (χ0v) is 26.6. The first-order valence-corrected chi connectivity index (χ1v) is 17.8. The molecule has 11 atom stereocenters. The van der Waals surface area contributed by atoms with Crippen molar-refractivity contribution in [2.45, 2.75) is 119 Å². The van der Waals surface area contributed by atoms with Gasteiger partial charge in [0.25, 0.3) is 5.91 Å². The van der Waals surface area contributed by atoms with Crippen LogP contribution >= 0.6 is 0 Å². The van der Waals surface area contributed by atoms with E-state index in [9.17, 15) is 9.59 Å². The van der Waals surface area contributed by atoms with E-state index >= 15 is 4.39 Å². The van der Waals surface area contributed by atoms with Gasteiger partial charge in [-0.3, -0.25) is 24.5 Å². The minimum atomic E-state index is -1.20. The lowest BCUT2D eigenvalue weighted by Crippen LogP contribution is -2.73. The smallest absolute Gasteiger partial charge is 0.256 e. The maximum absolute atomic E-state index is 16.5. The second kappa shape index (κ2) is 12.3. The molecular weight excluding hydrogens is 571 g/mol. The summed E-state index contributed by atoms with van der Waals surface area (Å²) in [4.78, 5) is 43.5. The summed E-state index contributed by atoms with van der Waals surface area (Å²) in [7, 11) is 2.14. The van der Waals surface area contributed by atoms with E-state index in [4.69, 9.17) is 4.74 Å². The SMILES string of the molecule is CN1CCCC1CCNC(=O)C1=CN2C3CC4CCCCC4CC3OC3C(N4CCC(c5cnccn5)C4)C(F)CC(C1=O)C32. The molecule has 1 aromatic heterocycles. The number of ketones is 1. The lowest BCUT2D eigenvalue weighted by molar-refractivity contribution is -0.219. The second-order valence-corrected chi connectivity index (χ2v) is 15.1. The first-order chi connectivity index (χ1) is 22.0. The number of ether oxygens (including phenoxy) is 1. The van der Waals surface area contributed by atoms with E-state index in [1.165, 1.54) is 32.1 Å². The van der Waals surface area contributed by atoms with Crippen LogP contribution in [0.15, 0.2) is 30.4 Å². The first-order valence-electron chi connectivity index (χ1n) is 17.8. The molecule has 244 valence electrons. The van der Waals surface area contributed by atoms with Crippen molar-refractivity contribution in [2.75, 3.05) is 33.2 Å². The molecule has 5 heterocycles. The Morgan fingerprint density at radius 3 is 2.67 bits per heavy atom. The van der Waals surface area contributed by atoms with Gasteiger partial charge in [-0.25, -0.2) is 4.39 Å². The molecule has 6 fully saturated rings. The Kier molecular flexibility index (Phi) is 8.19. The molecule has 1 aromatic rings. The molecule has 10 heteroatoms. The second-order valence-electron chi connectivity index (χ2n) is 15.1. The number of carbonyl (C=O) groups excluding carboxylic acids is 2. The van der Waals surface area contributed by atoms with E-state index in [-0.39, 0.29) is 47.8 Å². The Balaban J connectivity index is 1.07. The molecule has 8 rings (SSSR count). The summed E-state index contributed by atoms with van der Waals surface area (Å²) in [5.41, 5.74) is 1.17. The molecule has 11 unspecified atom stereocenters. The Morgan fingerprint density at radius 2 is 1.89 bits per heavy atom. The molecule has 9 nitrogen and oxygen atoms in total. The molecule has 0 aromatic carbocycles. The Bertz CT molecular complexity index is 1300. The van der Waals surface area contributed by atoms with Gasteiger partial charge < -0.3 is 19.9 Å². The van der Waals surface area contributed by atoms with E-state index in [1.807, 2.05) is 12.4 Å². The van der Waals surface area contributed by atoms with Crippen molar-refractivity contribution < 1.29 is 18.7 Å². The summed E-state index contributed by atoms with van der Waals surface area (Å²) in [6, 6.07) is -0.0618. The molecule has 0 bridgehead atoms. The van der Waals surface area contributed by atoms with Gasteiger partial charge in [-0.1, -0.05) is 25.7 Å². The minimum Gasteiger partial charge on any atom is -0.369 e. The molecule has 0 spiro atoms. The topological polar surface area (TPSA) is 90.9 Å². The van der Waals surface area contributed by atoms with Crippen LogP contribution in [0, 0.1) is 17.8 Å². The van der Waals surface area contributed by atoms with Crippen LogP contribution in [0.1, 0.15) is 82.2 Å². The Hall–Kier alpha value is -2.43. The molecule has 45 heavy (non-hydrogen) atoms. The fourth-order valence-corrected chi connectivity index (χ4v) is 10.5. The van der Waals surface area contributed by atoms with E-state index in [1.54, 1.807) is 12.4 Å². The van der Waals surface area contributed by atoms with Crippen LogP contribution in [0.3, 0.4) is 0 Å². The van der Waals surface area contributed by atoms with Gasteiger partial charge in [0.05, 0.1) is 41.6 Å². The number of alkyl halides is 1. The monoisotopic (exact) mass is 620 g/mol. The van der Waals surface area contributed by atoms with E-state index in [0.717, 1.165) is 50.9 Å². The molecule has 1 N–H and O–H groups in total. The average Bonchev–Trinajstić information content (AvgIpc) is 3.71. The molecule has 7 aliphatic rings. The highest BCUT2D eigenvalue weighted by molar-refractivity contribution is 6.20. The third kappa shape index (κ3) is 5.42. The number of nitrogens with zero attached hydrogens (tertiary/aromatic N) is 5. The first kappa shape index (κ1) is 29.9. The number of likely N-dealkylation sites (tertiary alicyclic amines) is 2. The molecule has 3 saturated heterocycles. The predicted molar refractivity (Wildman–Crippen MR) is 167 cm³/mol. The van der Waals surface area contributed by atoms with E-state index < -0.39 is 24.2 Å². The lowest BCUT2D eigenvalue weighted by atomic mass is 9.64. The third-order valence-electron chi connectivity index (χ3n) is 12.8. The normalized spacial score (nSPS) is 41.6. The van der Waals surface area contributed by atoms with Crippen molar-refractivity contribution in [3.8, 4) is 0 Å². The van der Waals surface area contributed by atoms with Gasteiger partial charge in [0.1, 0.15) is 6.17 Å². The third-order valence-corrected chi connectivity index (χ3v) is 12.8. The quantitative estimate of drug-likeness (QED) is 0.484. The number of halogens is 1. The number of Topliss-reactive ketones (excluding diaryl/α,β-unsaturated/α-hetero) is 1. The van der Waals surface area contributed by atoms with Gasteiger partial charge in [0.15, 0.2) is 5.78 Å². The Labute approximate surface area is 266 Å². The van der Waals surface area contributed by atoms with Crippen LogP contribution in [0.5, 0.6) is 0 Å². The molecule has 4 aliphatic heterocycles. The standard InChI is InChI=1S/C35H49FN6O3/c1-40-13-4-7-24(40)8-10-39-35(44)26-20-42-29-15-21-5-2-3-6-22(21)16-30(29)45-34-31(42)25(33(26)43)17-27(36)32(34)41-14-9-23(19-41)28-18-37-11-12-38-28/h11-12,18,20-25,27,29-32,34H,2-10,13-17,19H2,1H3,(H,39,44). The molecule has 1 amide bonds. The lowest BCUT2D eigenvalue weighted by Gasteiger charge is -2.61. The predicted octanol–water partition coefficient (Wildman–Crippen LogP) is 3.47. The maximum atomic E-state index is 16.5. The zero-order chi connectivity index (χ0) is 30.7.